The minimum atomic E-state index is -3.55. The average molecular weight is 412 g/mol. The smallest absolute Gasteiger partial charge is 0.240 e. The first-order valence-corrected chi connectivity index (χ1v) is 11.0. The SMILES string of the molecule is CC(C)NS(=O)(=O)c1ccc(NC(=O)C(C)Sc2n[nH]c(C(C)C)n2)cc1. The summed E-state index contributed by atoms with van der Waals surface area (Å²) in [6, 6.07) is 5.85. The number of aromatic nitrogens is 3. The maximum absolute atomic E-state index is 12.4. The second-order valence-electron chi connectivity index (χ2n) is 6.71. The van der Waals surface area contributed by atoms with Gasteiger partial charge in [0.2, 0.25) is 21.1 Å². The molecular formula is C17H25N5O3S2. The summed E-state index contributed by atoms with van der Waals surface area (Å²) < 4.78 is 26.8. The van der Waals surface area contributed by atoms with E-state index in [1.165, 1.54) is 23.9 Å². The van der Waals surface area contributed by atoms with E-state index in [-0.39, 0.29) is 22.8 Å². The number of carbonyl (C=O) groups is 1. The molecule has 1 amide bonds. The minimum absolute atomic E-state index is 0.151. The van der Waals surface area contributed by atoms with Crippen molar-refractivity contribution in [2.45, 2.75) is 61.9 Å². The molecule has 0 fully saturated rings. The van der Waals surface area contributed by atoms with Crippen LogP contribution in [0.2, 0.25) is 0 Å². The predicted molar refractivity (Wildman–Crippen MR) is 106 cm³/mol. The van der Waals surface area contributed by atoms with Gasteiger partial charge in [0, 0.05) is 17.6 Å². The van der Waals surface area contributed by atoms with Gasteiger partial charge in [0.15, 0.2) is 0 Å². The van der Waals surface area contributed by atoms with E-state index >= 15 is 0 Å². The van der Waals surface area contributed by atoms with Gasteiger partial charge >= 0.3 is 0 Å². The number of sulfonamides is 1. The third-order valence-electron chi connectivity index (χ3n) is 3.50. The first-order valence-electron chi connectivity index (χ1n) is 8.60. The van der Waals surface area contributed by atoms with Crippen molar-refractivity contribution < 1.29 is 13.2 Å². The number of amides is 1. The highest BCUT2D eigenvalue weighted by Gasteiger charge is 2.19. The van der Waals surface area contributed by atoms with E-state index in [0.717, 1.165) is 5.82 Å². The van der Waals surface area contributed by atoms with Gasteiger partial charge < -0.3 is 5.32 Å². The fourth-order valence-corrected chi connectivity index (χ4v) is 4.10. The molecule has 0 aliphatic carbocycles. The summed E-state index contributed by atoms with van der Waals surface area (Å²) in [7, 11) is -3.55. The van der Waals surface area contributed by atoms with Crippen LogP contribution in [0.15, 0.2) is 34.3 Å². The van der Waals surface area contributed by atoms with E-state index in [0.29, 0.717) is 10.8 Å². The third kappa shape index (κ3) is 6.05. The molecule has 148 valence electrons. The van der Waals surface area contributed by atoms with Crippen LogP contribution in [0, 0.1) is 0 Å². The highest BCUT2D eigenvalue weighted by Crippen LogP contribution is 2.22. The second kappa shape index (κ2) is 8.85. The molecule has 0 radical (unpaired) electrons. The summed E-state index contributed by atoms with van der Waals surface area (Å²) in [4.78, 5) is 16.9. The lowest BCUT2D eigenvalue weighted by Gasteiger charge is -2.12. The van der Waals surface area contributed by atoms with Crippen molar-refractivity contribution in [3.8, 4) is 0 Å². The monoisotopic (exact) mass is 411 g/mol. The number of anilines is 1. The predicted octanol–water partition coefficient (Wildman–Crippen LogP) is 2.73. The van der Waals surface area contributed by atoms with Gasteiger partial charge in [-0.3, -0.25) is 9.89 Å². The lowest BCUT2D eigenvalue weighted by atomic mass is 10.2. The highest BCUT2D eigenvalue weighted by atomic mass is 32.2. The van der Waals surface area contributed by atoms with Gasteiger partial charge in [0.05, 0.1) is 10.1 Å². The second-order valence-corrected chi connectivity index (χ2v) is 9.73. The maximum Gasteiger partial charge on any atom is 0.240 e. The molecule has 0 saturated carbocycles. The number of nitrogens with zero attached hydrogens (tertiary/aromatic N) is 2. The zero-order valence-corrected chi connectivity index (χ0v) is 17.6. The van der Waals surface area contributed by atoms with E-state index in [1.807, 2.05) is 13.8 Å². The molecule has 0 spiro atoms. The number of rotatable bonds is 8. The molecule has 0 aliphatic heterocycles. The molecule has 2 aromatic rings. The number of carbonyl (C=O) groups excluding carboxylic acids is 1. The quantitative estimate of drug-likeness (QED) is 0.575. The Labute approximate surface area is 164 Å². The Bertz CT molecular complexity index is 876. The molecule has 1 aromatic heterocycles. The van der Waals surface area contributed by atoms with Crippen LogP contribution < -0.4 is 10.0 Å². The van der Waals surface area contributed by atoms with Crippen LogP contribution >= 0.6 is 11.8 Å². The third-order valence-corrected chi connectivity index (χ3v) is 6.14. The average Bonchev–Trinajstić information content (AvgIpc) is 3.03. The number of hydrogen-bond acceptors (Lipinski definition) is 6. The largest absolute Gasteiger partial charge is 0.325 e. The molecule has 1 atom stereocenters. The summed E-state index contributed by atoms with van der Waals surface area (Å²) in [5, 5.41) is 9.83. The van der Waals surface area contributed by atoms with Crippen molar-refractivity contribution in [1.82, 2.24) is 19.9 Å². The summed E-state index contributed by atoms with van der Waals surface area (Å²) in [6.07, 6.45) is 0. The zero-order chi connectivity index (χ0) is 20.2. The molecule has 1 unspecified atom stereocenters. The fraction of sp³-hybridized carbons (Fsp3) is 0.471. The van der Waals surface area contributed by atoms with Gasteiger partial charge in [0.1, 0.15) is 5.82 Å². The Balaban J connectivity index is 1.98. The van der Waals surface area contributed by atoms with Crippen molar-refractivity contribution in [2.24, 2.45) is 0 Å². The summed E-state index contributed by atoms with van der Waals surface area (Å²) in [6.45, 7) is 9.28. The number of aromatic amines is 1. The van der Waals surface area contributed by atoms with E-state index in [4.69, 9.17) is 0 Å². The van der Waals surface area contributed by atoms with Crippen LogP contribution in [0.4, 0.5) is 5.69 Å². The Kier molecular flexibility index (Phi) is 7.01. The van der Waals surface area contributed by atoms with E-state index < -0.39 is 15.3 Å². The van der Waals surface area contributed by atoms with Crippen LogP contribution in [0.1, 0.15) is 46.4 Å². The number of H-pyrrole nitrogens is 1. The molecule has 3 N–H and O–H groups in total. The van der Waals surface area contributed by atoms with Gasteiger partial charge in [-0.15, -0.1) is 5.10 Å². The zero-order valence-electron chi connectivity index (χ0n) is 16.0. The van der Waals surface area contributed by atoms with Crippen molar-refractivity contribution in [3.63, 3.8) is 0 Å². The molecule has 8 nitrogen and oxygen atoms in total. The van der Waals surface area contributed by atoms with Crippen LogP contribution in [-0.2, 0) is 14.8 Å². The standard InChI is InChI=1S/C17H25N5O3S2/c1-10(2)15-19-17(21-20-15)26-12(5)16(23)18-13-6-8-14(9-7-13)27(24,25)22-11(3)4/h6-12,22H,1-5H3,(H,18,23)(H,19,20,21). The van der Waals surface area contributed by atoms with E-state index in [2.05, 4.69) is 25.2 Å². The van der Waals surface area contributed by atoms with Crippen LogP contribution in [-0.4, -0.2) is 40.8 Å². The van der Waals surface area contributed by atoms with Crippen molar-refractivity contribution in [2.75, 3.05) is 5.32 Å². The molecule has 1 heterocycles. The number of benzene rings is 1. The summed E-state index contributed by atoms with van der Waals surface area (Å²) in [5.74, 6) is 0.791. The summed E-state index contributed by atoms with van der Waals surface area (Å²) in [5.41, 5.74) is 0.522. The van der Waals surface area contributed by atoms with Gasteiger partial charge in [-0.1, -0.05) is 25.6 Å². The Morgan fingerprint density at radius 2 is 1.74 bits per heavy atom. The fourth-order valence-electron chi connectivity index (χ4n) is 2.12. The normalized spacial score (nSPS) is 13.1. The topological polar surface area (TPSA) is 117 Å². The Hall–Kier alpha value is -1.91. The number of nitrogens with one attached hydrogen (secondary N) is 3. The van der Waals surface area contributed by atoms with Gasteiger partial charge in [0.25, 0.3) is 0 Å². The van der Waals surface area contributed by atoms with E-state index in [1.54, 1.807) is 32.9 Å². The van der Waals surface area contributed by atoms with E-state index in [9.17, 15) is 13.2 Å². The van der Waals surface area contributed by atoms with Crippen LogP contribution in [0.3, 0.4) is 0 Å². The van der Waals surface area contributed by atoms with Crippen LogP contribution in [0.5, 0.6) is 0 Å². The first kappa shape index (κ1) is 21.4. The van der Waals surface area contributed by atoms with Crippen molar-refractivity contribution >= 4 is 33.4 Å². The lowest BCUT2D eigenvalue weighted by molar-refractivity contribution is -0.115. The summed E-state index contributed by atoms with van der Waals surface area (Å²) >= 11 is 1.25. The van der Waals surface area contributed by atoms with Crippen molar-refractivity contribution in [3.05, 3.63) is 30.1 Å². The minimum Gasteiger partial charge on any atom is -0.325 e. The number of thioether (sulfide) groups is 1. The molecule has 0 aliphatic rings. The van der Waals surface area contributed by atoms with Gasteiger partial charge in [-0.05, 0) is 45.0 Å². The lowest BCUT2D eigenvalue weighted by Crippen LogP contribution is -2.30. The highest BCUT2D eigenvalue weighted by molar-refractivity contribution is 8.00. The molecule has 10 heteroatoms. The van der Waals surface area contributed by atoms with Crippen LogP contribution in [0.25, 0.3) is 0 Å². The Morgan fingerprint density at radius 1 is 1.11 bits per heavy atom. The molecule has 2 rings (SSSR count). The maximum atomic E-state index is 12.4. The molecule has 27 heavy (non-hydrogen) atoms. The molecule has 0 bridgehead atoms. The Morgan fingerprint density at radius 3 is 2.26 bits per heavy atom. The first-order chi connectivity index (χ1) is 12.6. The molecule has 1 aromatic carbocycles. The van der Waals surface area contributed by atoms with Gasteiger partial charge in [-0.25, -0.2) is 18.1 Å². The van der Waals surface area contributed by atoms with Crippen molar-refractivity contribution in [1.29, 1.82) is 0 Å². The molecule has 0 saturated heterocycles. The number of hydrogen-bond donors (Lipinski definition) is 3. The van der Waals surface area contributed by atoms with Gasteiger partial charge in [-0.2, -0.15) is 0 Å². The molecular weight excluding hydrogens is 386 g/mol.